The third-order valence-corrected chi connectivity index (χ3v) is 4.70. The minimum atomic E-state index is 0.281. The van der Waals surface area contributed by atoms with Crippen LogP contribution < -0.4 is 0 Å². The van der Waals surface area contributed by atoms with E-state index in [0.717, 1.165) is 39.2 Å². The number of benzene rings is 1. The Kier molecular flexibility index (Phi) is 2.63. The normalized spacial score (nSPS) is 14.6. The van der Waals surface area contributed by atoms with E-state index >= 15 is 0 Å². The molecule has 0 N–H and O–H groups in total. The summed E-state index contributed by atoms with van der Waals surface area (Å²) in [7, 11) is 0. The summed E-state index contributed by atoms with van der Waals surface area (Å²) in [6, 6.07) is 10.0. The van der Waals surface area contributed by atoms with Gasteiger partial charge in [-0.25, -0.2) is 0 Å². The highest BCUT2D eigenvalue weighted by atomic mass is 32.1. The van der Waals surface area contributed by atoms with E-state index in [4.69, 9.17) is 0 Å². The Balaban J connectivity index is 1.73. The van der Waals surface area contributed by atoms with E-state index in [1.54, 1.807) is 23.7 Å². The second-order valence-corrected chi connectivity index (χ2v) is 6.15. The van der Waals surface area contributed by atoms with Crippen molar-refractivity contribution in [1.29, 1.82) is 0 Å². The van der Waals surface area contributed by atoms with Crippen molar-refractivity contribution in [3.05, 3.63) is 47.6 Å². The van der Waals surface area contributed by atoms with Crippen LogP contribution >= 0.6 is 11.3 Å². The first-order chi connectivity index (χ1) is 9.81. The van der Waals surface area contributed by atoms with Crippen molar-refractivity contribution in [2.24, 2.45) is 5.92 Å². The number of ketones is 1. The average molecular weight is 280 g/mol. The lowest BCUT2D eigenvalue weighted by molar-refractivity contribution is 0.0971. The molecule has 1 fully saturated rings. The molecule has 0 bridgehead atoms. The molecule has 0 spiro atoms. The molecular formula is C16H12N2OS. The van der Waals surface area contributed by atoms with Crippen LogP contribution in [-0.2, 0) is 0 Å². The van der Waals surface area contributed by atoms with Gasteiger partial charge in [-0.15, -0.1) is 11.3 Å². The smallest absolute Gasteiger partial charge is 0.175 e. The Morgan fingerprint density at radius 2 is 1.85 bits per heavy atom. The van der Waals surface area contributed by atoms with E-state index in [-0.39, 0.29) is 5.92 Å². The topological polar surface area (TPSA) is 42.9 Å². The Morgan fingerprint density at radius 1 is 1.05 bits per heavy atom. The maximum absolute atomic E-state index is 12.1. The molecule has 1 aliphatic rings. The predicted octanol–water partition coefficient (Wildman–Crippen LogP) is 3.95. The van der Waals surface area contributed by atoms with Crippen LogP contribution in [0.4, 0.5) is 0 Å². The minimum absolute atomic E-state index is 0.281. The molecule has 0 aliphatic heterocycles. The minimum Gasteiger partial charge on any atom is -0.293 e. The largest absolute Gasteiger partial charge is 0.293 e. The van der Waals surface area contributed by atoms with Crippen molar-refractivity contribution in [3.8, 4) is 10.4 Å². The Bertz CT molecular complexity index is 805. The summed E-state index contributed by atoms with van der Waals surface area (Å²) >= 11 is 1.57. The highest BCUT2D eigenvalue weighted by Gasteiger charge is 2.31. The van der Waals surface area contributed by atoms with Crippen LogP contribution in [0.1, 0.15) is 22.5 Å². The first-order valence-electron chi connectivity index (χ1n) is 6.66. The van der Waals surface area contributed by atoms with Gasteiger partial charge in [0.15, 0.2) is 5.78 Å². The molecule has 0 atom stereocenters. The van der Waals surface area contributed by atoms with Crippen molar-refractivity contribution < 1.29 is 4.79 Å². The fourth-order valence-corrected chi connectivity index (χ4v) is 3.31. The number of hydrogen-bond donors (Lipinski definition) is 0. The number of hydrogen-bond acceptors (Lipinski definition) is 4. The van der Waals surface area contributed by atoms with Gasteiger partial charge in [0.05, 0.1) is 15.9 Å². The molecule has 3 aromatic rings. The zero-order chi connectivity index (χ0) is 13.5. The lowest BCUT2D eigenvalue weighted by Gasteiger charge is -2.00. The van der Waals surface area contributed by atoms with E-state index in [1.165, 1.54) is 0 Å². The summed E-state index contributed by atoms with van der Waals surface area (Å²) in [6.07, 6.45) is 5.50. The van der Waals surface area contributed by atoms with E-state index in [0.29, 0.717) is 5.78 Å². The SMILES string of the molecule is O=C(c1ccc(-c2ccc3nccnc3c2)s1)C1CC1. The molecule has 2 aromatic heterocycles. The van der Waals surface area contributed by atoms with Crippen LogP contribution in [0.25, 0.3) is 21.5 Å². The summed E-state index contributed by atoms with van der Waals surface area (Å²) in [4.78, 5) is 22.6. The Morgan fingerprint density at radius 3 is 2.65 bits per heavy atom. The maximum Gasteiger partial charge on any atom is 0.175 e. The van der Waals surface area contributed by atoms with Crippen molar-refractivity contribution in [2.75, 3.05) is 0 Å². The molecular weight excluding hydrogens is 268 g/mol. The summed E-state index contributed by atoms with van der Waals surface area (Å²) in [5.74, 6) is 0.589. The van der Waals surface area contributed by atoms with Gasteiger partial charge in [-0.05, 0) is 42.7 Å². The van der Waals surface area contributed by atoms with E-state index in [2.05, 4.69) is 9.97 Å². The molecule has 0 saturated heterocycles. The van der Waals surface area contributed by atoms with Gasteiger partial charge >= 0.3 is 0 Å². The van der Waals surface area contributed by atoms with Gasteiger partial charge in [0.1, 0.15) is 0 Å². The van der Waals surface area contributed by atoms with E-state index < -0.39 is 0 Å². The van der Waals surface area contributed by atoms with Crippen LogP contribution in [-0.4, -0.2) is 15.8 Å². The fraction of sp³-hybridized carbons (Fsp3) is 0.188. The zero-order valence-corrected chi connectivity index (χ0v) is 11.6. The molecule has 3 nitrogen and oxygen atoms in total. The Hall–Kier alpha value is -2.07. The molecule has 98 valence electrons. The zero-order valence-electron chi connectivity index (χ0n) is 10.7. The first kappa shape index (κ1) is 11.7. The monoisotopic (exact) mass is 280 g/mol. The van der Waals surface area contributed by atoms with Crippen molar-refractivity contribution in [2.45, 2.75) is 12.8 Å². The number of nitrogens with zero attached hydrogens (tertiary/aromatic N) is 2. The molecule has 0 amide bonds. The maximum atomic E-state index is 12.1. The number of Topliss-reactive ketones (excluding diaryl/α,β-unsaturated/α-hetero) is 1. The van der Waals surface area contributed by atoms with Crippen LogP contribution in [0, 0.1) is 5.92 Å². The van der Waals surface area contributed by atoms with E-state index in [9.17, 15) is 4.79 Å². The lowest BCUT2D eigenvalue weighted by atomic mass is 10.1. The van der Waals surface area contributed by atoms with Gasteiger partial charge in [0.25, 0.3) is 0 Å². The number of thiophene rings is 1. The molecule has 20 heavy (non-hydrogen) atoms. The molecule has 2 heterocycles. The summed E-state index contributed by atoms with van der Waals surface area (Å²) < 4.78 is 0. The van der Waals surface area contributed by atoms with Gasteiger partial charge in [-0.1, -0.05) is 6.07 Å². The molecule has 4 heteroatoms. The van der Waals surface area contributed by atoms with Crippen LogP contribution in [0.15, 0.2) is 42.7 Å². The van der Waals surface area contributed by atoms with Crippen molar-refractivity contribution >= 4 is 28.2 Å². The molecule has 1 aliphatic carbocycles. The van der Waals surface area contributed by atoms with Crippen molar-refractivity contribution in [1.82, 2.24) is 9.97 Å². The third kappa shape index (κ3) is 2.02. The van der Waals surface area contributed by atoms with Gasteiger partial charge in [0, 0.05) is 23.2 Å². The quantitative estimate of drug-likeness (QED) is 0.682. The van der Waals surface area contributed by atoms with Crippen molar-refractivity contribution in [3.63, 3.8) is 0 Å². The molecule has 0 unspecified atom stereocenters. The average Bonchev–Trinajstić information content (AvgIpc) is 3.23. The summed E-state index contributed by atoms with van der Waals surface area (Å²) in [5.41, 5.74) is 2.87. The van der Waals surface area contributed by atoms with Gasteiger partial charge in [-0.2, -0.15) is 0 Å². The van der Waals surface area contributed by atoms with Crippen LogP contribution in [0.2, 0.25) is 0 Å². The third-order valence-electron chi connectivity index (χ3n) is 3.55. The number of fused-ring (bicyclic) bond motifs is 1. The van der Waals surface area contributed by atoms with Gasteiger partial charge < -0.3 is 0 Å². The van der Waals surface area contributed by atoms with Gasteiger partial charge in [-0.3, -0.25) is 14.8 Å². The highest BCUT2D eigenvalue weighted by molar-refractivity contribution is 7.17. The highest BCUT2D eigenvalue weighted by Crippen LogP contribution is 2.37. The van der Waals surface area contributed by atoms with E-state index in [1.807, 2.05) is 30.3 Å². The standard InChI is InChI=1S/C16H12N2OS/c19-16(10-1-2-10)15-6-5-14(20-15)11-3-4-12-13(9-11)18-8-7-17-12/h3-10H,1-2H2. The number of aromatic nitrogens is 2. The summed E-state index contributed by atoms with van der Waals surface area (Å²) in [5, 5.41) is 0. The molecule has 1 aromatic carbocycles. The number of rotatable bonds is 3. The second kappa shape index (κ2) is 4.49. The van der Waals surface area contributed by atoms with Crippen LogP contribution in [0.3, 0.4) is 0 Å². The molecule has 4 rings (SSSR count). The predicted molar refractivity (Wildman–Crippen MR) is 79.9 cm³/mol. The Labute approximate surface area is 120 Å². The lowest BCUT2D eigenvalue weighted by Crippen LogP contribution is -1.96. The molecule has 1 saturated carbocycles. The number of carbonyl (C=O) groups excluding carboxylic acids is 1. The number of carbonyl (C=O) groups is 1. The fourth-order valence-electron chi connectivity index (χ4n) is 2.29. The van der Waals surface area contributed by atoms with Crippen LogP contribution in [0.5, 0.6) is 0 Å². The van der Waals surface area contributed by atoms with Gasteiger partial charge in [0.2, 0.25) is 0 Å². The second-order valence-electron chi connectivity index (χ2n) is 5.06. The summed E-state index contributed by atoms with van der Waals surface area (Å²) in [6.45, 7) is 0. The first-order valence-corrected chi connectivity index (χ1v) is 7.48. The molecule has 0 radical (unpaired) electrons.